The number of halogens is 2. The third kappa shape index (κ3) is 2.46. The van der Waals surface area contributed by atoms with Gasteiger partial charge < -0.3 is 4.90 Å². The highest BCUT2D eigenvalue weighted by Gasteiger charge is 2.36. The summed E-state index contributed by atoms with van der Waals surface area (Å²) in [5, 5.41) is 1.36. The van der Waals surface area contributed by atoms with Gasteiger partial charge in [0.25, 0.3) is 0 Å². The van der Waals surface area contributed by atoms with Crippen LogP contribution in [-0.2, 0) is 0 Å². The van der Waals surface area contributed by atoms with Gasteiger partial charge in [0, 0.05) is 25.2 Å². The molecule has 104 valence electrons. The highest BCUT2D eigenvalue weighted by Crippen LogP contribution is 2.37. The number of piperazine rings is 1. The van der Waals surface area contributed by atoms with Gasteiger partial charge >= 0.3 is 0 Å². The van der Waals surface area contributed by atoms with Gasteiger partial charge in [-0.1, -0.05) is 36.2 Å². The SMILES string of the molecule is CCC1CN2CCCC2CN1c1cccc(Cl)c1Cl. The summed E-state index contributed by atoms with van der Waals surface area (Å²) in [6.45, 7) is 5.76. The van der Waals surface area contributed by atoms with Gasteiger partial charge in [-0.2, -0.15) is 0 Å². The van der Waals surface area contributed by atoms with E-state index >= 15 is 0 Å². The minimum atomic E-state index is 0.547. The second-order valence-corrected chi connectivity index (χ2v) is 6.36. The molecule has 2 atom stereocenters. The van der Waals surface area contributed by atoms with E-state index in [1.54, 1.807) is 0 Å². The molecule has 3 rings (SSSR count). The van der Waals surface area contributed by atoms with Crippen LogP contribution in [0.5, 0.6) is 0 Å². The van der Waals surface area contributed by atoms with Gasteiger partial charge in [-0.15, -0.1) is 0 Å². The van der Waals surface area contributed by atoms with Gasteiger partial charge in [0.1, 0.15) is 0 Å². The first kappa shape index (κ1) is 13.5. The Morgan fingerprint density at radius 2 is 2.11 bits per heavy atom. The molecule has 0 spiro atoms. The summed E-state index contributed by atoms with van der Waals surface area (Å²) in [4.78, 5) is 5.11. The van der Waals surface area contributed by atoms with E-state index in [0.717, 1.165) is 25.2 Å². The third-order valence-corrected chi connectivity index (χ3v) is 5.31. The van der Waals surface area contributed by atoms with Crippen LogP contribution in [-0.4, -0.2) is 36.6 Å². The second kappa shape index (κ2) is 5.51. The molecule has 2 nitrogen and oxygen atoms in total. The van der Waals surface area contributed by atoms with Gasteiger partial charge in [0.05, 0.1) is 15.7 Å². The molecule has 0 amide bonds. The van der Waals surface area contributed by atoms with Gasteiger partial charge in [-0.25, -0.2) is 0 Å². The summed E-state index contributed by atoms with van der Waals surface area (Å²) in [6, 6.07) is 7.20. The Labute approximate surface area is 125 Å². The molecule has 2 aliphatic rings. The quantitative estimate of drug-likeness (QED) is 0.812. The largest absolute Gasteiger partial charge is 0.364 e. The number of fused-ring (bicyclic) bond motifs is 1. The second-order valence-electron chi connectivity index (χ2n) is 5.58. The molecule has 1 aromatic rings. The number of hydrogen-bond acceptors (Lipinski definition) is 2. The Morgan fingerprint density at radius 1 is 1.26 bits per heavy atom. The van der Waals surface area contributed by atoms with Crippen LogP contribution in [0.3, 0.4) is 0 Å². The molecule has 0 saturated carbocycles. The van der Waals surface area contributed by atoms with Crippen molar-refractivity contribution in [2.45, 2.75) is 38.3 Å². The fourth-order valence-electron chi connectivity index (χ4n) is 3.45. The Hall–Kier alpha value is -0.440. The van der Waals surface area contributed by atoms with Crippen LogP contribution in [0, 0.1) is 0 Å². The highest BCUT2D eigenvalue weighted by atomic mass is 35.5. The Balaban J connectivity index is 1.91. The van der Waals surface area contributed by atoms with Gasteiger partial charge in [0.15, 0.2) is 0 Å². The third-order valence-electron chi connectivity index (χ3n) is 4.50. The number of benzene rings is 1. The summed E-state index contributed by atoms with van der Waals surface area (Å²) in [6.07, 6.45) is 3.79. The summed E-state index contributed by atoms with van der Waals surface area (Å²) >= 11 is 12.6. The van der Waals surface area contributed by atoms with Crippen LogP contribution < -0.4 is 4.90 Å². The monoisotopic (exact) mass is 298 g/mol. The van der Waals surface area contributed by atoms with Crippen LogP contribution in [0.2, 0.25) is 10.0 Å². The topological polar surface area (TPSA) is 6.48 Å². The van der Waals surface area contributed by atoms with E-state index in [0.29, 0.717) is 22.1 Å². The van der Waals surface area contributed by atoms with Crippen molar-refractivity contribution in [1.82, 2.24) is 4.90 Å². The minimum absolute atomic E-state index is 0.547. The molecule has 2 heterocycles. The van der Waals surface area contributed by atoms with Crippen molar-refractivity contribution >= 4 is 28.9 Å². The standard InChI is InChI=1S/C15H20Cl2N2/c1-2-11-9-18-8-4-5-12(18)10-19(11)14-7-3-6-13(16)15(14)17/h3,6-7,11-12H,2,4-5,8-10H2,1H3. The van der Waals surface area contributed by atoms with Crippen molar-refractivity contribution in [1.29, 1.82) is 0 Å². The fourth-order valence-corrected chi connectivity index (χ4v) is 3.85. The normalized spacial score (nSPS) is 27.6. The van der Waals surface area contributed by atoms with Crippen molar-refractivity contribution in [3.05, 3.63) is 28.2 Å². The van der Waals surface area contributed by atoms with Crippen molar-refractivity contribution in [2.24, 2.45) is 0 Å². The zero-order valence-electron chi connectivity index (χ0n) is 11.3. The Kier molecular flexibility index (Phi) is 3.93. The fraction of sp³-hybridized carbons (Fsp3) is 0.600. The molecule has 0 bridgehead atoms. The molecule has 2 unspecified atom stereocenters. The molecule has 4 heteroatoms. The first-order valence-electron chi connectivity index (χ1n) is 7.15. The predicted octanol–water partition coefficient (Wildman–Crippen LogP) is 4.06. The van der Waals surface area contributed by atoms with Crippen molar-refractivity contribution in [2.75, 3.05) is 24.5 Å². The Bertz CT molecular complexity index is 463. The van der Waals surface area contributed by atoms with Crippen LogP contribution in [0.15, 0.2) is 18.2 Å². The lowest BCUT2D eigenvalue weighted by Gasteiger charge is -2.45. The zero-order valence-corrected chi connectivity index (χ0v) is 12.8. The molecular weight excluding hydrogens is 279 g/mol. The van der Waals surface area contributed by atoms with E-state index in [-0.39, 0.29) is 0 Å². The summed E-state index contributed by atoms with van der Waals surface area (Å²) in [5.41, 5.74) is 1.10. The van der Waals surface area contributed by atoms with Crippen LogP contribution in [0.25, 0.3) is 0 Å². The van der Waals surface area contributed by atoms with Crippen molar-refractivity contribution < 1.29 is 0 Å². The molecule has 2 saturated heterocycles. The smallest absolute Gasteiger partial charge is 0.0825 e. The summed E-state index contributed by atoms with van der Waals surface area (Å²) in [5.74, 6) is 0. The van der Waals surface area contributed by atoms with E-state index in [1.165, 1.54) is 19.4 Å². The average molecular weight is 299 g/mol. The van der Waals surface area contributed by atoms with E-state index in [2.05, 4.69) is 22.8 Å². The van der Waals surface area contributed by atoms with Crippen LogP contribution in [0.1, 0.15) is 26.2 Å². The molecular formula is C15H20Cl2N2. The predicted molar refractivity (Wildman–Crippen MR) is 82.5 cm³/mol. The van der Waals surface area contributed by atoms with E-state index in [1.807, 2.05) is 12.1 Å². The van der Waals surface area contributed by atoms with E-state index in [9.17, 15) is 0 Å². The molecule has 19 heavy (non-hydrogen) atoms. The maximum atomic E-state index is 6.40. The maximum absolute atomic E-state index is 6.40. The molecule has 1 aromatic carbocycles. The lowest BCUT2D eigenvalue weighted by molar-refractivity contribution is 0.195. The molecule has 0 N–H and O–H groups in total. The molecule has 2 fully saturated rings. The highest BCUT2D eigenvalue weighted by molar-refractivity contribution is 6.43. The van der Waals surface area contributed by atoms with Gasteiger partial charge in [-0.05, 0) is 37.9 Å². The Morgan fingerprint density at radius 3 is 2.89 bits per heavy atom. The lowest BCUT2D eigenvalue weighted by Crippen LogP contribution is -2.56. The average Bonchev–Trinajstić information content (AvgIpc) is 2.87. The molecule has 0 radical (unpaired) electrons. The number of rotatable bonds is 2. The summed E-state index contributed by atoms with van der Waals surface area (Å²) < 4.78 is 0. The van der Waals surface area contributed by atoms with Crippen LogP contribution >= 0.6 is 23.2 Å². The lowest BCUT2D eigenvalue weighted by atomic mass is 10.0. The van der Waals surface area contributed by atoms with Gasteiger partial charge in [0.2, 0.25) is 0 Å². The molecule has 0 aliphatic carbocycles. The molecule has 2 aliphatic heterocycles. The van der Waals surface area contributed by atoms with Gasteiger partial charge in [-0.3, -0.25) is 4.90 Å². The van der Waals surface area contributed by atoms with Crippen molar-refractivity contribution in [3.63, 3.8) is 0 Å². The van der Waals surface area contributed by atoms with E-state index < -0.39 is 0 Å². The summed E-state index contributed by atoms with van der Waals surface area (Å²) in [7, 11) is 0. The minimum Gasteiger partial charge on any atom is -0.364 e. The maximum Gasteiger partial charge on any atom is 0.0825 e. The number of hydrogen-bond donors (Lipinski definition) is 0. The molecule has 0 aromatic heterocycles. The first-order valence-corrected chi connectivity index (χ1v) is 7.91. The van der Waals surface area contributed by atoms with Crippen LogP contribution in [0.4, 0.5) is 5.69 Å². The number of nitrogens with zero attached hydrogens (tertiary/aromatic N) is 2. The van der Waals surface area contributed by atoms with Crippen molar-refractivity contribution in [3.8, 4) is 0 Å². The van der Waals surface area contributed by atoms with E-state index in [4.69, 9.17) is 23.2 Å². The zero-order chi connectivity index (χ0) is 13.4. The first-order chi connectivity index (χ1) is 9.20. The number of anilines is 1.